The predicted octanol–water partition coefficient (Wildman–Crippen LogP) is 2.41. The van der Waals surface area contributed by atoms with Crippen LogP contribution >= 0.6 is 0 Å². The van der Waals surface area contributed by atoms with Crippen molar-refractivity contribution in [1.82, 2.24) is 4.31 Å². The largest absolute Gasteiger partial charge is 0.280 e. The van der Waals surface area contributed by atoms with Crippen molar-refractivity contribution in [2.24, 2.45) is 0 Å². The molecule has 3 rings (SSSR count). The summed E-state index contributed by atoms with van der Waals surface area (Å²) in [4.78, 5) is -0.00710. The Morgan fingerprint density at radius 2 is 1.32 bits per heavy atom. The highest BCUT2D eigenvalue weighted by molar-refractivity contribution is 7.92. The molecule has 0 unspecified atom stereocenters. The van der Waals surface area contributed by atoms with Crippen molar-refractivity contribution in [2.75, 3.05) is 17.8 Å². The highest BCUT2D eigenvalue weighted by Crippen LogP contribution is 2.23. The molecule has 6 nitrogen and oxygen atoms in total. The fourth-order valence-electron chi connectivity index (χ4n) is 2.60. The number of nitrogens with zero attached hydrogens (tertiary/aromatic N) is 1. The maximum absolute atomic E-state index is 12.9. The number of hydrogen-bond acceptors (Lipinski definition) is 4. The van der Waals surface area contributed by atoms with Crippen molar-refractivity contribution >= 4 is 25.7 Å². The Bertz CT molecular complexity index is 950. The minimum Gasteiger partial charge on any atom is -0.280 e. The van der Waals surface area contributed by atoms with Gasteiger partial charge in [0, 0.05) is 18.8 Å². The number of anilines is 1. The average Bonchev–Trinajstić information content (AvgIpc) is 3.12. The number of nitrogens with one attached hydrogen (secondary N) is 1. The van der Waals surface area contributed by atoms with Crippen LogP contribution in [0.25, 0.3) is 0 Å². The van der Waals surface area contributed by atoms with Crippen molar-refractivity contribution in [1.29, 1.82) is 0 Å². The fraction of sp³-hybridized carbons (Fsp3) is 0.250. The van der Waals surface area contributed by atoms with Crippen LogP contribution < -0.4 is 4.72 Å². The molecule has 0 amide bonds. The number of hydrogen-bond donors (Lipinski definition) is 1. The second-order valence-electron chi connectivity index (χ2n) is 5.69. The molecule has 2 aromatic rings. The quantitative estimate of drug-likeness (QED) is 0.858. The molecule has 0 aromatic heterocycles. The molecule has 1 fully saturated rings. The van der Waals surface area contributed by atoms with Crippen LogP contribution in [0.4, 0.5) is 10.1 Å². The van der Waals surface area contributed by atoms with Crippen LogP contribution in [0.2, 0.25) is 0 Å². The summed E-state index contributed by atoms with van der Waals surface area (Å²) >= 11 is 0. The molecule has 25 heavy (non-hydrogen) atoms. The van der Waals surface area contributed by atoms with Gasteiger partial charge in [0.25, 0.3) is 10.0 Å². The van der Waals surface area contributed by atoms with E-state index < -0.39 is 25.9 Å². The van der Waals surface area contributed by atoms with Gasteiger partial charge in [-0.2, -0.15) is 4.31 Å². The van der Waals surface area contributed by atoms with Gasteiger partial charge in [-0.05, 0) is 61.4 Å². The molecule has 0 spiro atoms. The van der Waals surface area contributed by atoms with E-state index in [1.54, 1.807) is 0 Å². The standard InChI is InChI=1S/C16H17FN2O4S2/c17-13-3-5-14(6-4-13)18-24(20,21)15-7-9-16(10-8-15)25(22,23)19-11-1-2-12-19/h3-10,18H,1-2,11-12H2. The van der Waals surface area contributed by atoms with Gasteiger partial charge < -0.3 is 0 Å². The molecule has 0 saturated carbocycles. The minimum atomic E-state index is -3.89. The Balaban J connectivity index is 1.82. The van der Waals surface area contributed by atoms with Crippen LogP contribution in [-0.2, 0) is 20.0 Å². The molecule has 0 radical (unpaired) electrons. The number of sulfonamides is 2. The van der Waals surface area contributed by atoms with Crippen molar-refractivity contribution in [2.45, 2.75) is 22.6 Å². The van der Waals surface area contributed by atoms with E-state index in [-0.39, 0.29) is 15.5 Å². The Morgan fingerprint density at radius 1 is 0.800 bits per heavy atom. The van der Waals surface area contributed by atoms with E-state index in [9.17, 15) is 21.2 Å². The zero-order valence-corrected chi connectivity index (χ0v) is 14.9. The van der Waals surface area contributed by atoms with E-state index in [1.165, 1.54) is 40.7 Å². The maximum Gasteiger partial charge on any atom is 0.261 e. The van der Waals surface area contributed by atoms with E-state index in [0.29, 0.717) is 13.1 Å². The molecular weight excluding hydrogens is 367 g/mol. The molecular formula is C16H17FN2O4S2. The summed E-state index contributed by atoms with van der Waals surface area (Å²) in [6.45, 7) is 0.961. The van der Waals surface area contributed by atoms with Gasteiger partial charge in [0.05, 0.1) is 9.79 Å². The SMILES string of the molecule is O=S(=O)(Nc1ccc(F)cc1)c1ccc(S(=O)(=O)N2CCCC2)cc1. The van der Waals surface area contributed by atoms with Crippen molar-refractivity contribution < 1.29 is 21.2 Å². The summed E-state index contributed by atoms with van der Waals surface area (Å²) < 4.78 is 66.2. The number of rotatable bonds is 5. The van der Waals surface area contributed by atoms with Crippen LogP contribution in [0.1, 0.15) is 12.8 Å². The van der Waals surface area contributed by atoms with E-state index in [0.717, 1.165) is 25.0 Å². The third-order valence-electron chi connectivity index (χ3n) is 3.93. The third kappa shape index (κ3) is 3.83. The zero-order valence-electron chi connectivity index (χ0n) is 13.2. The molecule has 9 heteroatoms. The molecule has 0 aliphatic carbocycles. The minimum absolute atomic E-state index is 0.0649. The summed E-state index contributed by atoms with van der Waals surface area (Å²) in [6, 6.07) is 9.95. The van der Waals surface area contributed by atoms with Crippen LogP contribution in [0.15, 0.2) is 58.3 Å². The lowest BCUT2D eigenvalue weighted by Crippen LogP contribution is -2.27. The molecule has 1 N–H and O–H groups in total. The molecule has 1 aliphatic heterocycles. The van der Waals surface area contributed by atoms with Gasteiger partial charge >= 0.3 is 0 Å². The Hall–Kier alpha value is -1.97. The van der Waals surface area contributed by atoms with E-state index in [1.807, 2.05) is 0 Å². The molecule has 1 aliphatic rings. The normalized spacial score (nSPS) is 16.0. The third-order valence-corrected chi connectivity index (χ3v) is 7.24. The average molecular weight is 384 g/mol. The molecule has 134 valence electrons. The van der Waals surface area contributed by atoms with Crippen LogP contribution in [-0.4, -0.2) is 34.2 Å². The Labute approximate surface area is 146 Å². The van der Waals surface area contributed by atoms with E-state index in [2.05, 4.69) is 4.72 Å². The van der Waals surface area contributed by atoms with E-state index >= 15 is 0 Å². The summed E-state index contributed by atoms with van der Waals surface area (Å²) in [6.07, 6.45) is 1.65. The topological polar surface area (TPSA) is 83.5 Å². The lowest BCUT2D eigenvalue weighted by molar-refractivity contribution is 0.477. The molecule has 1 saturated heterocycles. The van der Waals surface area contributed by atoms with E-state index in [4.69, 9.17) is 0 Å². The van der Waals surface area contributed by atoms with Crippen LogP contribution in [0.3, 0.4) is 0 Å². The first-order valence-corrected chi connectivity index (χ1v) is 10.6. The number of halogens is 1. The van der Waals surface area contributed by atoms with Gasteiger partial charge in [0.1, 0.15) is 5.82 Å². The summed E-state index contributed by atoms with van der Waals surface area (Å²) in [5, 5.41) is 0. The highest BCUT2D eigenvalue weighted by Gasteiger charge is 2.27. The summed E-state index contributed by atoms with van der Waals surface area (Å²) in [5.41, 5.74) is 0.218. The molecule has 2 aromatic carbocycles. The summed E-state index contributed by atoms with van der Waals surface area (Å²) in [7, 11) is -7.48. The van der Waals surface area contributed by atoms with Crippen molar-refractivity contribution in [3.05, 3.63) is 54.3 Å². The van der Waals surface area contributed by atoms with Gasteiger partial charge in [-0.3, -0.25) is 4.72 Å². The summed E-state index contributed by atoms with van der Waals surface area (Å²) in [5.74, 6) is -0.473. The van der Waals surface area contributed by atoms with Gasteiger partial charge in [-0.15, -0.1) is 0 Å². The number of benzene rings is 2. The van der Waals surface area contributed by atoms with Gasteiger partial charge in [0.15, 0.2) is 0 Å². The van der Waals surface area contributed by atoms with Crippen molar-refractivity contribution in [3.8, 4) is 0 Å². The van der Waals surface area contributed by atoms with Crippen LogP contribution in [0.5, 0.6) is 0 Å². The smallest absolute Gasteiger partial charge is 0.261 e. The van der Waals surface area contributed by atoms with Gasteiger partial charge in [0.2, 0.25) is 10.0 Å². The monoisotopic (exact) mass is 384 g/mol. The van der Waals surface area contributed by atoms with Crippen LogP contribution in [0, 0.1) is 5.82 Å². The van der Waals surface area contributed by atoms with Crippen molar-refractivity contribution in [3.63, 3.8) is 0 Å². The zero-order chi connectivity index (χ0) is 18.1. The Kier molecular flexibility index (Phi) is 4.81. The molecule has 0 bridgehead atoms. The highest BCUT2D eigenvalue weighted by atomic mass is 32.2. The first kappa shape index (κ1) is 17.8. The van der Waals surface area contributed by atoms with Gasteiger partial charge in [-0.1, -0.05) is 0 Å². The first-order chi connectivity index (χ1) is 11.8. The lowest BCUT2D eigenvalue weighted by atomic mass is 10.3. The fourth-order valence-corrected chi connectivity index (χ4v) is 5.18. The predicted molar refractivity (Wildman–Crippen MR) is 91.6 cm³/mol. The molecule has 0 atom stereocenters. The maximum atomic E-state index is 12.9. The van der Waals surface area contributed by atoms with Gasteiger partial charge in [-0.25, -0.2) is 21.2 Å². The second-order valence-corrected chi connectivity index (χ2v) is 9.32. The molecule has 1 heterocycles. The Morgan fingerprint density at radius 3 is 1.88 bits per heavy atom. The lowest BCUT2D eigenvalue weighted by Gasteiger charge is -2.15. The second kappa shape index (κ2) is 6.74. The first-order valence-electron chi connectivity index (χ1n) is 7.68.